The molecule has 4 heteroatoms. The summed E-state index contributed by atoms with van der Waals surface area (Å²) in [6.07, 6.45) is 2.31. The third-order valence-corrected chi connectivity index (χ3v) is 2.00. The van der Waals surface area contributed by atoms with Gasteiger partial charge < -0.3 is 14.2 Å². The summed E-state index contributed by atoms with van der Waals surface area (Å²) >= 11 is 0. The Kier molecular flexibility index (Phi) is 4.39. The molecule has 86 valence electrons. The van der Waals surface area contributed by atoms with Crippen LogP contribution in [0.4, 0.5) is 0 Å². The van der Waals surface area contributed by atoms with Crippen molar-refractivity contribution in [3.05, 3.63) is 30.4 Å². The first kappa shape index (κ1) is 12.1. The van der Waals surface area contributed by atoms with Crippen molar-refractivity contribution >= 4 is 6.29 Å². The maximum absolute atomic E-state index is 10.8. The monoisotopic (exact) mass is 222 g/mol. The molecule has 0 aliphatic carbocycles. The maximum Gasteiger partial charge on any atom is 0.204 e. The largest absolute Gasteiger partial charge is 0.493 e. The standard InChI is InChI=1S/C12H14O4/c1-4-7-16-12-10(14-2)6-5-9(8-13)11(12)15-3/h4-6,8H,1,7H2,2-3H3. The van der Waals surface area contributed by atoms with Gasteiger partial charge >= 0.3 is 0 Å². The van der Waals surface area contributed by atoms with Gasteiger partial charge in [-0.15, -0.1) is 0 Å². The third kappa shape index (κ3) is 2.34. The smallest absolute Gasteiger partial charge is 0.204 e. The summed E-state index contributed by atoms with van der Waals surface area (Å²) in [6, 6.07) is 3.27. The number of carbonyl (C=O) groups excluding carboxylic acids is 1. The van der Waals surface area contributed by atoms with Gasteiger partial charge in [0.05, 0.1) is 19.8 Å². The molecule has 1 aromatic carbocycles. The van der Waals surface area contributed by atoms with E-state index in [0.29, 0.717) is 35.7 Å². The van der Waals surface area contributed by atoms with Gasteiger partial charge in [-0.05, 0) is 12.1 Å². The minimum absolute atomic E-state index is 0.315. The number of rotatable bonds is 6. The molecule has 1 rings (SSSR count). The van der Waals surface area contributed by atoms with E-state index in [4.69, 9.17) is 14.2 Å². The zero-order valence-electron chi connectivity index (χ0n) is 9.36. The van der Waals surface area contributed by atoms with Crippen LogP contribution in [-0.4, -0.2) is 27.1 Å². The van der Waals surface area contributed by atoms with Crippen LogP contribution in [0.2, 0.25) is 0 Å². The second kappa shape index (κ2) is 5.80. The second-order valence-electron chi connectivity index (χ2n) is 2.94. The summed E-state index contributed by atoms with van der Waals surface area (Å²) in [7, 11) is 3.00. The summed E-state index contributed by atoms with van der Waals surface area (Å²) in [4.78, 5) is 10.8. The number of ether oxygens (including phenoxy) is 3. The van der Waals surface area contributed by atoms with Gasteiger partial charge in [0.2, 0.25) is 5.75 Å². The molecule has 0 aromatic heterocycles. The molecule has 0 amide bonds. The summed E-state index contributed by atoms with van der Waals surface area (Å²) in [5.74, 6) is 1.30. The first-order valence-electron chi connectivity index (χ1n) is 4.72. The molecular weight excluding hydrogens is 208 g/mol. The molecular formula is C12H14O4. The molecule has 4 nitrogen and oxygen atoms in total. The fourth-order valence-electron chi connectivity index (χ4n) is 1.30. The average Bonchev–Trinajstić information content (AvgIpc) is 2.34. The van der Waals surface area contributed by atoms with Crippen molar-refractivity contribution in [3.63, 3.8) is 0 Å². The van der Waals surface area contributed by atoms with E-state index in [1.54, 1.807) is 18.2 Å². The Balaban J connectivity index is 3.24. The number of carbonyl (C=O) groups is 1. The van der Waals surface area contributed by atoms with Crippen LogP contribution in [0.5, 0.6) is 17.2 Å². The first-order valence-corrected chi connectivity index (χ1v) is 4.72. The number of methoxy groups -OCH3 is 2. The fraction of sp³-hybridized carbons (Fsp3) is 0.250. The van der Waals surface area contributed by atoms with E-state index in [0.717, 1.165) is 0 Å². The van der Waals surface area contributed by atoms with Crippen LogP contribution < -0.4 is 14.2 Å². The van der Waals surface area contributed by atoms with Crippen molar-refractivity contribution in [2.24, 2.45) is 0 Å². The quantitative estimate of drug-likeness (QED) is 0.546. The summed E-state index contributed by atoms with van der Waals surface area (Å²) in [6.45, 7) is 3.87. The Morgan fingerprint density at radius 3 is 2.50 bits per heavy atom. The van der Waals surface area contributed by atoms with E-state index in [-0.39, 0.29) is 0 Å². The Hall–Kier alpha value is -1.97. The molecule has 0 fully saturated rings. The highest BCUT2D eigenvalue weighted by atomic mass is 16.5. The molecule has 1 aromatic rings. The molecule has 0 aliphatic heterocycles. The zero-order valence-corrected chi connectivity index (χ0v) is 9.36. The van der Waals surface area contributed by atoms with E-state index in [9.17, 15) is 4.79 Å². The van der Waals surface area contributed by atoms with Crippen molar-refractivity contribution in [2.45, 2.75) is 0 Å². The highest BCUT2D eigenvalue weighted by molar-refractivity contribution is 5.82. The number of hydrogen-bond acceptors (Lipinski definition) is 4. The summed E-state index contributed by atoms with van der Waals surface area (Å²) in [5.41, 5.74) is 0.419. The lowest BCUT2D eigenvalue weighted by Crippen LogP contribution is -2.01. The normalized spacial score (nSPS) is 9.38. The maximum atomic E-state index is 10.8. The molecule has 0 unspecified atom stereocenters. The summed E-state index contributed by atoms with van der Waals surface area (Å²) < 4.78 is 15.7. The summed E-state index contributed by atoms with van der Waals surface area (Å²) in [5, 5.41) is 0. The average molecular weight is 222 g/mol. The second-order valence-corrected chi connectivity index (χ2v) is 2.94. The van der Waals surface area contributed by atoms with Crippen molar-refractivity contribution in [1.82, 2.24) is 0 Å². The van der Waals surface area contributed by atoms with E-state index < -0.39 is 0 Å². The topological polar surface area (TPSA) is 44.8 Å². The van der Waals surface area contributed by atoms with E-state index in [1.807, 2.05) is 0 Å². The Morgan fingerprint density at radius 1 is 1.25 bits per heavy atom. The molecule has 0 spiro atoms. The minimum Gasteiger partial charge on any atom is -0.493 e. The van der Waals surface area contributed by atoms with Crippen molar-refractivity contribution in [3.8, 4) is 17.2 Å². The van der Waals surface area contributed by atoms with Crippen LogP contribution in [0.1, 0.15) is 10.4 Å². The van der Waals surface area contributed by atoms with E-state index >= 15 is 0 Å². The minimum atomic E-state index is 0.315. The van der Waals surface area contributed by atoms with Gasteiger partial charge in [0.25, 0.3) is 0 Å². The fourth-order valence-corrected chi connectivity index (χ4v) is 1.30. The lowest BCUT2D eigenvalue weighted by atomic mass is 10.2. The van der Waals surface area contributed by atoms with Crippen LogP contribution in [0.15, 0.2) is 24.8 Å². The highest BCUT2D eigenvalue weighted by Crippen LogP contribution is 2.39. The molecule has 0 atom stereocenters. The highest BCUT2D eigenvalue weighted by Gasteiger charge is 2.15. The molecule has 0 bridgehead atoms. The molecule has 0 radical (unpaired) electrons. The van der Waals surface area contributed by atoms with Gasteiger partial charge in [0.15, 0.2) is 17.8 Å². The molecule has 0 N–H and O–H groups in total. The van der Waals surface area contributed by atoms with Crippen molar-refractivity contribution < 1.29 is 19.0 Å². The van der Waals surface area contributed by atoms with Crippen LogP contribution in [0.3, 0.4) is 0 Å². The predicted molar refractivity (Wildman–Crippen MR) is 60.6 cm³/mol. The molecule has 0 saturated carbocycles. The number of aldehydes is 1. The van der Waals surface area contributed by atoms with E-state index in [2.05, 4.69) is 6.58 Å². The zero-order chi connectivity index (χ0) is 12.0. The predicted octanol–water partition coefficient (Wildman–Crippen LogP) is 2.08. The Bertz CT molecular complexity index is 385. The Morgan fingerprint density at radius 2 is 2.00 bits per heavy atom. The van der Waals surface area contributed by atoms with Crippen LogP contribution in [0, 0.1) is 0 Å². The van der Waals surface area contributed by atoms with Crippen molar-refractivity contribution in [1.29, 1.82) is 0 Å². The molecule has 0 saturated heterocycles. The van der Waals surface area contributed by atoms with Gasteiger partial charge in [-0.3, -0.25) is 4.79 Å². The SMILES string of the molecule is C=CCOc1c(OC)ccc(C=O)c1OC. The van der Waals surface area contributed by atoms with Gasteiger partial charge in [0.1, 0.15) is 6.61 Å². The van der Waals surface area contributed by atoms with E-state index in [1.165, 1.54) is 14.2 Å². The lowest BCUT2D eigenvalue weighted by Gasteiger charge is -2.14. The van der Waals surface area contributed by atoms with Crippen LogP contribution >= 0.6 is 0 Å². The first-order chi connectivity index (χ1) is 7.78. The lowest BCUT2D eigenvalue weighted by molar-refractivity contribution is 0.111. The molecule has 0 aliphatic rings. The van der Waals surface area contributed by atoms with Gasteiger partial charge in [-0.25, -0.2) is 0 Å². The van der Waals surface area contributed by atoms with Gasteiger partial charge in [0, 0.05) is 0 Å². The van der Waals surface area contributed by atoms with Crippen LogP contribution in [-0.2, 0) is 0 Å². The molecule has 0 heterocycles. The van der Waals surface area contributed by atoms with Gasteiger partial charge in [-0.1, -0.05) is 12.7 Å². The van der Waals surface area contributed by atoms with Gasteiger partial charge in [-0.2, -0.15) is 0 Å². The Labute approximate surface area is 94.4 Å². The van der Waals surface area contributed by atoms with Crippen LogP contribution in [0.25, 0.3) is 0 Å². The number of benzene rings is 1. The molecule has 16 heavy (non-hydrogen) atoms. The number of hydrogen-bond donors (Lipinski definition) is 0. The third-order valence-electron chi connectivity index (χ3n) is 2.00. The van der Waals surface area contributed by atoms with Crippen molar-refractivity contribution in [2.75, 3.05) is 20.8 Å².